The smallest absolute Gasteiger partial charge is 0.314 e. The Balaban J connectivity index is 1.90. The Hall–Kier alpha value is -1.35. The molecule has 3 rings (SSSR count). The molecule has 3 heteroatoms. The van der Waals surface area contributed by atoms with Crippen LogP contribution in [0.1, 0.15) is 56.1 Å². The van der Waals surface area contributed by atoms with E-state index < -0.39 is 17.0 Å². The molecular formula is C17H22O3. The van der Waals surface area contributed by atoms with Gasteiger partial charge in [-0.3, -0.25) is 4.79 Å². The van der Waals surface area contributed by atoms with Gasteiger partial charge in [-0.25, -0.2) is 0 Å². The van der Waals surface area contributed by atoms with Gasteiger partial charge in [0, 0.05) is 6.42 Å². The Kier molecular flexibility index (Phi) is 3.33. The lowest BCUT2D eigenvalue weighted by Crippen LogP contribution is -2.37. The van der Waals surface area contributed by atoms with Crippen LogP contribution in [-0.2, 0) is 16.6 Å². The molecule has 2 aliphatic rings. The summed E-state index contributed by atoms with van der Waals surface area (Å²) in [6.07, 6.45) is 6.95. The molecule has 0 atom stereocenters. The first-order chi connectivity index (χ1) is 9.54. The molecule has 1 aromatic carbocycles. The molecule has 0 aromatic heterocycles. The summed E-state index contributed by atoms with van der Waals surface area (Å²) in [5.74, 6) is -0.695. The van der Waals surface area contributed by atoms with Crippen LogP contribution in [0.3, 0.4) is 0 Å². The van der Waals surface area contributed by atoms with Crippen molar-refractivity contribution >= 4 is 5.97 Å². The van der Waals surface area contributed by atoms with E-state index in [1.807, 2.05) is 24.3 Å². The van der Waals surface area contributed by atoms with E-state index in [9.17, 15) is 15.0 Å². The fourth-order valence-corrected chi connectivity index (χ4v) is 3.46. The molecule has 2 saturated carbocycles. The molecule has 20 heavy (non-hydrogen) atoms. The van der Waals surface area contributed by atoms with Gasteiger partial charge in [0.25, 0.3) is 0 Å². The number of aliphatic carboxylic acids is 1. The highest BCUT2D eigenvalue weighted by Gasteiger charge is 2.43. The van der Waals surface area contributed by atoms with Crippen LogP contribution >= 0.6 is 0 Å². The highest BCUT2D eigenvalue weighted by Crippen LogP contribution is 2.42. The number of rotatable bonds is 4. The van der Waals surface area contributed by atoms with E-state index in [-0.39, 0.29) is 0 Å². The number of aliphatic hydroxyl groups is 1. The van der Waals surface area contributed by atoms with Crippen LogP contribution in [-0.4, -0.2) is 21.8 Å². The molecule has 0 radical (unpaired) electrons. The quantitative estimate of drug-likeness (QED) is 0.887. The molecule has 0 amide bonds. The zero-order chi connectivity index (χ0) is 14.2. The zero-order valence-corrected chi connectivity index (χ0v) is 11.8. The average molecular weight is 274 g/mol. The van der Waals surface area contributed by atoms with Gasteiger partial charge in [0.05, 0.1) is 11.0 Å². The molecule has 2 N–H and O–H groups in total. The van der Waals surface area contributed by atoms with Crippen LogP contribution in [0, 0.1) is 0 Å². The minimum Gasteiger partial charge on any atom is -0.481 e. The van der Waals surface area contributed by atoms with Crippen molar-refractivity contribution in [2.45, 2.75) is 62.4 Å². The van der Waals surface area contributed by atoms with Crippen molar-refractivity contribution in [1.82, 2.24) is 0 Å². The van der Waals surface area contributed by atoms with Crippen LogP contribution < -0.4 is 0 Å². The SMILES string of the molecule is O=C(O)C1(c2cccc(CC3(O)CC3)c2)CCCCC1. The first-order valence-corrected chi connectivity index (χ1v) is 7.59. The number of carbonyl (C=O) groups is 1. The van der Waals surface area contributed by atoms with Crippen molar-refractivity contribution in [2.75, 3.05) is 0 Å². The largest absolute Gasteiger partial charge is 0.481 e. The van der Waals surface area contributed by atoms with Crippen molar-refractivity contribution in [3.05, 3.63) is 35.4 Å². The van der Waals surface area contributed by atoms with E-state index in [0.717, 1.165) is 56.1 Å². The van der Waals surface area contributed by atoms with E-state index in [1.54, 1.807) is 0 Å². The molecule has 0 bridgehead atoms. The Morgan fingerprint density at radius 2 is 1.80 bits per heavy atom. The standard InChI is InChI=1S/C17H22O3/c18-15(19)17(7-2-1-3-8-17)14-6-4-5-13(11-14)12-16(20)9-10-16/h4-6,11,20H,1-3,7-10,12H2,(H,18,19). The van der Waals surface area contributed by atoms with Crippen LogP contribution in [0.15, 0.2) is 24.3 Å². The fraction of sp³-hybridized carbons (Fsp3) is 0.588. The molecule has 0 saturated heterocycles. The third-order valence-electron chi connectivity index (χ3n) is 4.96. The monoisotopic (exact) mass is 274 g/mol. The van der Waals surface area contributed by atoms with Crippen molar-refractivity contribution in [3.8, 4) is 0 Å². The molecule has 1 aromatic rings. The minimum atomic E-state index is -0.708. The van der Waals surface area contributed by atoms with Gasteiger partial charge in [0.1, 0.15) is 0 Å². The Morgan fingerprint density at radius 3 is 2.40 bits per heavy atom. The molecule has 0 unspecified atom stereocenters. The van der Waals surface area contributed by atoms with Crippen LogP contribution in [0.4, 0.5) is 0 Å². The maximum absolute atomic E-state index is 11.8. The van der Waals surface area contributed by atoms with Gasteiger partial charge in [-0.05, 0) is 36.8 Å². The summed E-state index contributed by atoms with van der Waals surface area (Å²) >= 11 is 0. The lowest BCUT2D eigenvalue weighted by Gasteiger charge is -2.34. The summed E-state index contributed by atoms with van der Waals surface area (Å²) < 4.78 is 0. The number of benzene rings is 1. The van der Waals surface area contributed by atoms with Crippen molar-refractivity contribution in [2.24, 2.45) is 0 Å². The summed E-state index contributed by atoms with van der Waals surface area (Å²) in [5, 5.41) is 19.8. The molecule has 3 nitrogen and oxygen atoms in total. The van der Waals surface area contributed by atoms with Crippen LogP contribution in [0.2, 0.25) is 0 Å². The summed E-state index contributed by atoms with van der Waals surface area (Å²) in [6.45, 7) is 0. The van der Waals surface area contributed by atoms with Gasteiger partial charge >= 0.3 is 5.97 Å². The predicted molar refractivity (Wildman–Crippen MR) is 76.7 cm³/mol. The molecule has 2 fully saturated rings. The van der Waals surface area contributed by atoms with E-state index in [2.05, 4.69) is 0 Å². The van der Waals surface area contributed by atoms with Gasteiger partial charge < -0.3 is 10.2 Å². The van der Waals surface area contributed by atoms with Crippen molar-refractivity contribution in [1.29, 1.82) is 0 Å². The first kappa shape index (κ1) is 13.6. The van der Waals surface area contributed by atoms with Gasteiger partial charge in [-0.2, -0.15) is 0 Å². The zero-order valence-electron chi connectivity index (χ0n) is 11.8. The minimum absolute atomic E-state index is 0.526. The Labute approximate surface area is 119 Å². The van der Waals surface area contributed by atoms with E-state index in [0.29, 0.717) is 6.42 Å². The maximum Gasteiger partial charge on any atom is 0.314 e. The third-order valence-corrected chi connectivity index (χ3v) is 4.96. The highest BCUT2D eigenvalue weighted by atomic mass is 16.4. The van der Waals surface area contributed by atoms with Crippen molar-refractivity contribution < 1.29 is 15.0 Å². The lowest BCUT2D eigenvalue weighted by molar-refractivity contribution is -0.145. The van der Waals surface area contributed by atoms with Gasteiger partial charge in [0.15, 0.2) is 0 Å². The molecule has 2 aliphatic carbocycles. The van der Waals surface area contributed by atoms with Crippen LogP contribution in [0.5, 0.6) is 0 Å². The highest BCUT2D eigenvalue weighted by molar-refractivity contribution is 5.81. The number of carboxylic acid groups (broad SMARTS) is 1. The number of hydrogen-bond acceptors (Lipinski definition) is 2. The molecular weight excluding hydrogens is 252 g/mol. The Morgan fingerprint density at radius 1 is 1.10 bits per heavy atom. The first-order valence-electron chi connectivity index (χ1n) is 7.59. The van der Waals surface area contributed by atoms with E-state index in [1.165, 1.54) is 0 Å². The molecule has 0 spiro atoms. The van der Waals surface area contributed by atoms with Gasteiger partial charge in [0.2, 0.25) is 0 Å². The topological polar surface area (TPSA) is 57.5 Å². The van der Waals surface area contributed by atoms with Crippen molar-refractivity contribution in [3.63, 3.8) is 0 Å². The molecule has 108 valence electrons. The maximum atomic E-state index is 11.8. The fourth-order valence-electron chi connectivity index (χ4n) is 3.46. The van der Waals surface area contributed by atoms with E-state index >= 15 is 0 Å². The second kappa shape index (κ2) is 4.88. The second-order valence-corrected chi connectivity index (χ2v) is 6.55. The summed E-state index contributed by atoms with van der Waals surface area (Å²) in [4.78, 5) is 11.8. The molecule has 0 aliphatic heterocycles. The number of hydrogen-bond donors (Lipinski definition) is 2. The Bertz CT molecular complexity index is 511. The van der Waals surface area contributed by atoms with E-state index in [4.69, 9.17) is 0 Å². The summed E-state index contributed by atoms with van der Waals surface area (Å²) in [5.41, 5.74) is 0.752. The average Bonchev–Trinajstić information content (AvgIpc) is 3.17. The second-order valence-electron chi connectivity index (χ2n) is 6.55. The van der Waals surface area contributed by atoms with Gasteiger partial charge in [-0.1, -0.05) is 43.5 Å². The third kappa shape index (κ3) is 2.47. The predicted octanol–water partition coefficient (Wildman–Crippen LogP) is 3.04. The summed E-state index contributed by atoms with van der Waals surface area (Å²) in [6, 6.07) is 7.89. The van der Waals surface area contributed by atoms with Gasteiger partial charge in [-0.15, -0.1) is 0 Å². The summed E-state index contributed by atoms with van der Waals surface area (Å²) in [7, 11) is 0. The number of carboxylic acids is 1. The lowest BCUT2D eigenvalue weighted by atomic mass is 9.69. The normalized spacial score (nSPS) is 23.2. The van der Waals surface area contributed by atoms with Crippen LogP contribution in [0.25, 0.3) is 0 Å². The molecule has 0 heterocycles.